The number of nitrogens with zero attached hydrogens (tertiary/aromatic N) is 7. The van der Waals surface area contributed by atoms with Crippen LogP contribution in [0.3, 0.4) is 0 Å². The van der Waals surface area contributed by atoms with Crippen molar-refractivity contribution in [2.45, 2.75) is 45.7 Å². The van der Waals surface area contributed by atoms with Gasteiger partial charge in [-0.3, -0.25) is 9.79 Å². The van der Waals surface area contributed by atoms with E-state index in [0.29, 0.717) is 23.0 Å². The van der Waals surface area contributed by atoms with Gasteiger partial charge in [0.1, 0.15) is 12.0 Å². The third-order valence-electron chi connectivity index (χ3n) is 6.46. The summed E-state index contributed by atoms with van der Waals surface area (Å²) in [6.45, 7) is 3.46. The van der Waals surface area contributed by atoms with Gasteiger partial charge in [0.2, 0.25) is 0 Å². The molecule has 3 heterocycles. The fraction of sp³-hybridized carbons (Fsp3) is 0.308. The molecule has 0 bridgehead atoms. The van der Waals surface area contributed by atoms with Crippen molar-refractivity contribution < 1.29 is 13.9 Å². The van der Waals surface area contributed by atoms with Crippen LogP contribution < -0.4 is 15.8 Å². The Balaban J connectivity index is 1.32. The number of allylic oxidation sites excluding steroid dienone is 1. The lowest BCUT2D eigenvalue weighted by Gasteiger charge is -2.15. The van der Waals surface area contributed by atoms with Crippen molar-refractivity contribution >= 4 is 17.3 Å². The van der Waals surface area contributed by atoms with Crippen LogP contribution in [0.1, 0.15) is 49.4 Å². The molecular formula is C26H28FN9O2. The highest BCUT2D eigenvalue weighted by molar-refractivity contribution is 6.21. The zero-order valence-corrected chi connectivity index (χ0v) is 21.3. The van der Waals surface area contributed by atoms with Crippen LogP contribution in [0.15, 0.2) is 59.2 Å². The van der Waals surface area contributed by atoms with Gasteiger partial charge in [-0.05, 0) is 66.8 Å². The van der Waals surface area contributed by atoms with Gasteiger partial charge in [0, 0.05) is 35.9 Å². The van der Waals surface area contributed by atoms with E-state index in [1.165, 1.54) is 42.6 Å². The Bertz CT molecular complexity index is 1550. The summed E-state index contributed by atoms with van der Waals surface area (Å²) >= 11 is 0. The zero-order chi connectivity index (χ0) is 26.8. The molecule has 3 N–H and O–H groups in total. The van der Waals surface area contributed by atoms with Gasteiger partial charge < -0.3 is 20.2 Å². The van der Waals surface area contributed by atoms with Crippen LogP contribution in [0, 0.1) is 5.82 Å². The minimum Gasteiger partial charge on any atom is -0.494 e. The molecule has 3 aromatic heterocycles. The van der Waals surface area contributed by atoms with Crippen LogP contribution in [-0.2, 0) is 17.9 Å². The number of pyridine rings is 1. The molecule has 11 nitrogen and oxygen atoms in total. The summed E-state index contributed by atoms with van der Waals surface area (Å²) in [6.07, 6.45) is 7.86. The van der Waals surface area contributed by atoms with Crippen LogP contribution in [-0.4, -0.2) is 48.3 Å². The Labute approximate surface area is 218 Å². The first-order valence-corrected chi connectivity index (χ1v) is 12.2. The van der Waals surface area contributed by atoms with E-state index in [-0.39, 0.29) is 30.0 Å². The molecule has 0 radical (unpaired) electrons. The van der Waals surface area contributed by atoms with Gasteiger partial charge in [0.15, 0.2) is 11.6 Å². The molecule has 1 aromatic carbocycles. The minimum atomic E-state index is -0.627. The predicted molar refractivity (Wildman–Crippen MR) is 138 cm³/mol. The molecule has 0 saturated heterocycles. The maximum Gasteiger partial charge on any atom is 0.255 e. The Morgan fingerprint density at radius 3 is 2.74 bits per heavy atom. The number of rotatable bonds is 9. The van der Waals surface area contributed by atoms with Crippen LogP contribution in [0.4, 0.5) is 4.39 Å². The van der Waals surface area contributed by atoms with Crippen molar-refractivity contribution in [3.05, 3.63) is 76.9 Å². The topological polar surface area (TPSA) is 138 Å². The molecule has 1 aliphatic rings. The first-order valence-electron chi connectivity index (χ1n) is 12.2. The van der Waals surface area contributed by atoms with E-state index >= 15 is 4.39 Å². The number of halogens is 1. The highest BCUT2D eigenvalue weighted by Gasteiger charge is 2.24. The highest BCUT2D eigenvalue weighted by Crippen LogP contribution is 2.39. The number of nitrogens with one attached hydrogen (secondary N) is 1. The molecule has 38 heavy (non-hydrogen) atoms. The summed E-state index contributed by atoms with van der Waals surface area (Å²) in [6, 6.07) is 7.21. The molecule has 196 valence electrons. The molecule has 0 atom stereocenters. The number of methoxy groups -OCH3 is 1. The average molecular weight is 518 g/mol. The second-order valence-electron chi connectivity index (χ2n) is 9.21. The van der Waals surface area contributed by atoms with Crippen molar-refractivity contribution in [1.82, 2.24) is 34.9 Å². The third-order valence-corrected chi connectivity index (χ3v) is 6.46. The van der Waals surface area contributed by atoms with Gasteiger partial charge in [-0.2, -0.15) is 0 Å². The molecule has 5 rings (SSSR count). The number of hydrogen-bond acceptors (Lipinski definition) is 8. The highest BCUT2D eigenvalue weighted by atomic mass is 19.1. The second-order valence-corrected chi connectivity index (χ2v) is 9.21. The van der Waals surface area contributed by atoms with Gasteiger partial charge in [0.25, 0.3) is 5.91 Å². The van der Waals surface area contributed by atoms with E-state index in [0.717, 1.165) is 11.3 Å². The fourth-order valence-electron chi connectivity index (χ4n) is 4.36. The summed E-state index contributed by atoms with van der Waals surface area (Å²) in [4.78, 5) is 22.4. The summed E-state index contributed by atoms with van der Waals surface area (Å²) in [5.74, 6) is -0.428. The largest absolute Gasteiger partial charge is 0.494 e. The van der Waals surface area contributed by atoms with Gasteiger partial charge >= 0.3 is 0 Å². The van der Waals surface area contributed by atoms with E-state index in [1.807, 2.05) is 16.7 Å². The summed E-state index contributed by atoms with van der Waals surface area (Å²) in [5, 5.41) is 13.8. The number of benzene rings is 1. The van der Waals surface area contributed by atoms with Gasteiger partial charge in [-0.1, -0.05) is 6.07 Å². The number of amides is 1. The quantitative estimate of drug-likeness (QED) is 0.257. The van der Waals surface area contributed by atoms with Crippen molar-refractivity contribution in [2.24, 2.45) is 10.7 Å². The van der Waals surface area contributed by atoms with Crippen LogP contribution in [0.2, 0.25) is 0 Å². The van der Waals surface area contributed by atoms with E-state index in [9.17, 15) is 4.79 Å². The number of hydrogen-bond donors (Lipinski definition) is 2. The number of nitrogens with two attached hydrogens (primary N) is 1. The summed E-state index contributed by atoms with van der Waals surface area (Å²) in [5.41, 5.74) is 10.5. The monoisotopic (exact) mass is 517 g/mol. The molecule has 12 heteroatoms. The van der Waals surface area contributed by atoms with Crippen LogP contribution in [0.5, 0.6) is 5.75 Å². The second kappa shape index (κ2) is 10.4. The van der Waals surface area contributed by atoms with Crippen molar-refractivity contribution in [3.8, 4) is 11.4 Å². The molecular weight excluding hydrogens is 489 g/mol. The van der Waals surface area contributed by atoms with Gasteiger partial charge in [0.05, 0.1) is 30.6 Å². The van der Waals surface area contributed by atoms with E-state index < -0.39 is 11.7 Å². The van der Waals surface area contributed by atoms with Crippen LogP contribution >= 0.6 is 0 Å². The molecule has 4 aromatic rings. The van der Waals surface area contributed by atoms with E-state index in [2.05, 4.69) is 43.1 Å². The lowest BCUT2D eigenvalue weighted by Crippen LogP contribution is -2.30. The van der Waals surface area contributed by atoms with E-state index in [1.54, 1.807) is 19.9 Å². The van der Waals surface area contributed by atoms with Crippen molar-refractivity contribution in [3.63, 3.8) is 0 Å². The third kappa shape index (κ3) is 5.10. The summed E-state index contributed by atoms with van der Waals surface area (Å²) < 4.78 is 23.6. The van der Waals surface area contributed by atoms with Gasteiger partial charge in [-0.15, -0.1) is 5.10 Å². The fourth-order valence-corrected chi connectivity index (χ4v) is 4.36. The molecule has 0 spiro atoms. The lowest BCUT2D eigenvalue weighted by molar-refractivity contribution is -0.117. The number of carbonyl (C=O) groups is 1. The Morgan fingerprint density at radius 1 is 1.24 bits per heavy atom. The zero-order valence-electron chi connectivity index (χ0n) is 21.3. The number of aliphatic imine (C=N–C) groups is 1. The maximum atomic E-state index is 15.1. The Hall–Kier alpha value is -4.61. The molecule has 1 fully saturated rings. The number of aromatic nitrogens is 6. The van der Waals surface area contributed by atoms with Gasteiger partial charge in [-0.25, -0.2) is 14.1 Å². The average Bonchev–Trinajstić information content (AvgIpc) is 3.44. The number of fused-ring (bicyclic) bond motifs is 1. The lowest BCUT2D eigenvalue weighted by atomic mass is 10.1. The SMILES string of the molecule is COc1ccc(-n2cnnn2)c(CNC(=O)C(C(C)=NCc2cn3cc(C4CC4)ccc3n2)=C(C)N)c1F. The first kappa shape index (κ1) is 25.1. The van der Waals surface area contributed by atoms with Crippen molar-refractivity contribution in [1.29, 1.82) is 0 Å². The number of tetrazole rings is 1. The molecule has 1 aliphatic carbocycles. The standard InChI is InChI=1S/C26H28FN9O2/c1-15(28)24(16(2)29-10-19-13-35-12-18(17-4-5-17)6-9-23(35)32-19)26(37)30-11-20-21(36-14-31-33-34-36)7-8-22(38-3)25(20)27/h6-9,12-14,17H,4-5,10-11,28H2,1-3H3,(H,30,37). The Morgan fingerprint density at radius 2 is 2.05 bits per heavy atom. The molecule has 1 saturated carbocycles. The maximum absolute atomic E-state index is 15.1. The van der Waals surface area contributed by atoms with Crippen LogP contribution in [0.25, 0.3) is 11.3 Å². The predicted octanol–water partition coefficient (Wildman–Crippen LogP) is 2.85. The normalized spacial score (nSPS) is 14.5. The Kier molecular flexibility index (Phi) is 6.86. The molecule has 0 aliphatic heterocycles. The number of carbonyl (C=O) groups excluding carboxylic acids is 1. The van der Waals surface area contributed by atoms with E-state index in [4.69, 9.17) is 10.5 Å². The first-order chi connectivity index (χ1) is 18.4. The smallest absolute Gasteiger partial charge is 0.255 e. The minimum absolute atomic E-state index is 0.0336. The molecule has 0 unspecified atom stereocenters. The number of ether oxygens (including phenoxy) is 1. The number of imidazole rings is 1. The molecule has 1 amide bonds. The van der Waals surface area contributed by atoms with Crippen molar-refractivity contribution in [2.75, 3.05) is 7.11 Å². The summed E-state index contributed by atoms with van der Waals surface area (Å²) in [7, 11) is 1.37.